The van der Waals surface area contributed by atoms with Crippen molar-refractivity contribution < 1.29 is 9.66 Å². The highest BCUT2D eigenvalue weighted by Gasteiger charge is 2.14. The predicted octanol–water partition coefficient (Wildman–Crippen LogP) is 4.11. The lowest BCUT2D eigenvalue weighted by Crippen LogP contribution is -2.08. The molecule has 0 aliphatic rings. The molecule has 110 valence electrons. The summed E-state index contributed by atoms with van der Waals surface area (Å²) in [6.07, 6.45) is 0.865. The van der Waals surface area contributed by atoms with Gasteiger partial charge >= 0.3 is 0 Å². The minimum atomic E-state index is -0.411. The third-order valence-electron chi connectivity index (χ3n) is 3.43. The summed E-state index contributed by atoms with van der Waals surface area (Å²) >= 11 is 0. The quantitative estimate of drug-likeness (QED) is 0.662. The molecule has 0 fully saturated rings. The van der Waals surface area contributed by atoms with Gasteiger partial charge in [0.2, 0.25) is 0 Å². The number of nitro groups is 1. The molecule has 0 amide bonds. The van der Waals surface area contributed by atoms with Gasteiger partial charge in [0, 0.05) is 12.1 Å². The number of rotatable bonds is 5. The van der Waals surface area contributed by atoms with Crippen molar-refractivity contribution in [3.05, 3.63) is 63.7 Å². The number of hydrogen-bond acceptors (Lipinski definition) is 4. The van der Waals surface area contributed by atoms with Crippen LogP contribution < -0.4 is 10.5 Å². The first-order valence-electron chi connectivity index (χ1n) is 6.80. The third kappa shape index (κ3) is 3.38. The molecule has 0 aromatic heterocycles. The highest BCUT2D eigenvalue weighted by Crippen LogP contribution is 2.31. The van der Waals surface area contributed by atoms with Crippen LogP contribution in [0.3, 0.4) is 0 Å². The molecule has 2 N–H and O–H groups in total. The van der Waals surface area contributed by atoms with E-state index in [1.807, 2.05) is 31.2 Å². The zero-order valence-corrected chi connectivity index (χ0v) is 12.1. The van der Waals surface area contributed by atoms with Crippen LogP contribution in [0, 0.1) is 17.0 Å². The third-order valence-corrected chi connectivity index (χ3v) is 3.43. The Hall–Kier alpha value is -2.40. The fraction of sp³-hybridized carbons (Fsp3) is 0.250. The van der Waals surface area contributed by atoms with E-state index in [1.165, 1.54) is 6.07 Å². The first-order valence-corrected chi connectivity index (χ1v) is 6.80. The van der Waals surface area contributed by atoms with Gasteiger partial charge in [-0.25, -0.2) is 0 Å². The number of nitrogens with two attached hydrogens (primary N) is 1. The van der Waals surface area contributed by atoms with Gasteiger partial charge in [0.15, 0.2) is 0 Å². The Morgan fingerprint density at radius 2 is 1.90 bits per heavy atom. The first-order chi connectivity index (χ1) is 10.0. The van der Waals surface area contributed by atoms with Crippen molar-refractivity contribution in [2.24, 2.45) is 5.73 Å². The van der Waals surface area contributed by atoms with E-state index in [0.29, 0.717) is 17.1 Å². The molecule has 0 bridgehead atoms. The van der Waals surface area contributed by atoms with Gasteiger partial charge in [-0.3, -0.25) is 10.1 Å². The molecule has 5 nitrogen and oxygen atoms in total. The van der Waals surface area contributed by atoms with E-state index in [0.717, 1.165) is 12.0 Å². The summed E-state index contributed by atoms with van der Waals surface area (Å²) in [5.41, 5.74) is 7.56. The van der Waals surface area contributed by atoms with Crippen LogP contribution in [0.4, 0.5) is 5.69 Å². The van der Waals surface area contributed by atoms with Crippen molar-refractivity contribution in [1.29, 1.82) is 0 Å². The smallest absolute Gasteiger partial charge is 0.276 e. The second-order valence-corrected chi connectivity index (χ2v) is 4.84. The summed E-state index contributed by atoms with van der Waals surface area (Å²) in [5.74, 6) is 1.11. The Labute approximate surface area is 123 Å². The van der Waals surface area contributed by atoms with Gasteiger partial charge in [0.1, 0.15) is 11.5 Å². The second kappa shape index (κ2) is 6.37. The molecule has 0 radical (unpaired) electrons. The van der Waals surface area contributed by atoms with Crippen LogP contribution in [0.2, 0.25) is 0 Å². The van der Waals surface area contributed by atoms with Gasteiger partial charge in [0.05, 0.1) is 10.5 Å². The SMILES string of the molecule is CC[C@H](N)c1ccc(Oc2cccc([N+](=O)[O-])c2C)cc1. The highest BCUT2D eigenvalue weighted by atomic mass is 16.6. The largest absolute Gasteiger partial charge is 0.457 e. The Morgan fingerprint density at radius 1 is 1.24 bits per heavy atom. The maximum atomic E-state index is 10.9. The van der Waals surface area contributed by atoms with Gasteiger partial charge in [-0.1, -0.05) is 25.1 Å². The Morgan fingerprint density at radius 3 is 2.48 bits per heavy atom. The molecule has 0 heterocycles. The predicted molar refractivity (Wildman–Crippen MR) is 81.6 cm³/mol. The fourth-order valence-corrected chi connectivity index (χ4v) is 2.06. The van der Waals surface area contributed by atoms with Crippen LogP contribution >= 0.6 is 0 Å². The van der Waals surface area contributed by atoms with Gasteiger partial charge in [-0.05, 0) is 37.1 Å². The Kier molecular flexibility index (Phi) is 4.55. The lowest BCUT2D eigenvalue weighted by Gasteiger charge is -2.12. The van der Waals surface area contributed by atoms with Crippen molar-refractivity contribution in [1.82, 2.24) is 0 Å². The molecule has 21 heavy (non-hydrogen) atoms. The van der Waals surface area contributed by atoms with Crippen molar-refractivity contribution in [3.8, 4) is 11.5 Å². The summed E-state index contributed by atoms with van der Waals surface area (Å²) in [7, 11) is 0. The molecule has 2 aromatic rings. The molecule has 0 unspecified atom stereocenters. The van der Waals surface area contributed by atoms with Crippen LogP contribution in [-0.2, 0) is 0 Å². The monoisotopic (exact) mass is 286 g/mol. The number of nitro benzene ring substituents is 1. The summed E-state index contributed by atoms with van der Waals surface area (Å²) < 4.78 is 5.72. The van der Waals surface area contributed by atoms with E-state index in [4.69, 9.17) is 10.5 Å². The van der Waals surface area contributed by atoms with E-state index in [1.54, 1.807) is 19.1 Å². The lowest BCUT2D eigenvalue weighted by molar-refractivity contribution is -0.385. The minimum absolute atomic E-state index is 0.0126. The zero-order chi connectivity index (χ0) is 15.4. The maximum Gasteiger partial charge on any atom is 0.276 e. The summed E-state index contributed by atoms with van der Waals surface area (Å²) in [6.45, 7) is 3.70. The Balaban J connectivity index is 2.22. The number of ether oxygens (including phenoxy) is 1. The second-order valence-electron chi connectivity index (χ2n) is 4.84. The standard InChI is InChI=1S/C16H18N2O3/c1-3-14(17)12-7-9-13(10-8-12)21-16-6-4-5-15(11(16)2)18(19)20/h4-10,14H,3,17H2,1-2H3/t14-/m0/s1. The van der Waals surface area contributed by atoms with Crippen molar-refractivity contribution in [2.45, 2.75) is 26.3 Å². The van der Waals surface area contributed by atoms with Crippen LogP contribution in [0.5, 0.6) is 11.5 Å². The first kappa shape index (κ1) is 15.0. The van der Waals surface area contributed by atoms with Crippen molar-refractivity contribution >= 4 is 5.69 Å². The molecule has 0 saturated heterocycles. The molecule has 0 spiro atoms. The van der Waals surface area contributed by atoms with E-state index < -0.39 is 4.92 Å². The average Bonchev–Trinajstić information content (AvgIpc) is 2.49. The summed E-state index contributed by atoms with van der Waals surface area (Å²) in [4.78, 5) is 10.5. The summed E-state index contributed by atoms with van der Waals surface area (Å²) in [5, 5.41) is 10.9. The zero-order valence-electron chi connectivity index (χ0n) is 12.1. The molecule has 0 saturated carbocycles. The molecular formula is C16H18N2O3. The van der Waals surface area contributed by atoms with Gasteiger partial charge in [-0.2, -0.15) is 0 Å². The summed E-state index contributed by atoms with van der Waals surface area (Å²) in [6, 6.07) is 12.3. The van der Waals surface area contributed by atoms with Gasteiger partial charge in [0.25, 0.3) is 5.69 Å². The number of nitrogens with zero attached hydrogens (tertiary/aromatic N) is 1. The van der Waals surface area contributed by atoms with E-state index in [2.05, 4.69) is 0 Å². The van der Waals surface area contributed by atoms with Gasteiger partial charge < -0.3 is 10.5 Å². The highest BCUT2D eigenvalue weighted by molar-refractivity contribution is 5.49. The average molecular weight is 286 g/mol. The fourth-order valence-electron chi connectivity index (χ4n) is 2.06. The van der Waals surface area contributed by atoms with Crippen LogP contribution in [-0.4, -0.2) is 4.92 Å². The minimum Gasteiger partial charge on any atom is -0.457 e. The van der Waals surface area contributed by atoms with Crippen molar-refractivity contribution in [3.63, 3.8) is 0 Å². The topological polar surface area (TPSA) is 78.4 Å². The normalized spacial score (nSPS) is 12.0. The van der Waals surface area contributed by atoms with E-state index >= 15 is 0 Å². The molecule has 2 aromatic carbocycles. The van der Waals surface area contributed by atoms with Crippen molar-refractivity contribution in [2.75, 3.05) is 0 Å². The van der Waals surface area contributed by atoms with Gasteiger partial charge in [-0.15, -0.1) is 0 Å². The van der Waals surface area contributed by atoms with Crippen LogP contribution in [0.15, 0.2) is 42.5 Å². The molecule has 5 heteroatoms. The van der Waals surface area contributed by atoms with E-state index in [9.17, 15) is 10.1 Å². The molecular weight excluding hydrogens is 268 g/mol. The maximum absolute atomic E-state index is 10.9. The Bertz CT molecular complexity index is 638. The number of benzene rings is 2. The molecule has 1 atom stereocenters. The number of hydrogen-bond donors (Lipinski definition) is 1. The van der Waals surface area contributed by atoms with Crippen LogP contribution in [0.1, 0.15) is 30.5 Å². The molecule has 0 aliphatic heterocycles. The molecule has 2 rings (SSSR count). The lowest BCUT2D eigenvalue weighted by atomic mass is 10.1. The van der Waals surface area contributed by atoms with E-state index in [-0.39, 0.29) is 11.7 Å². The van der Waals surface area contributed by atoms with Crippen LogP contribution in [0.25, 0.3) is 0 Å². The molecule has 0 aliphatic carbocycles.